The average Bonchev–Trinajstić information content (AvgIpc) is 3.06. The number of rotatable bonds is 4. The van der Waals surface area contributed by atoms with E-state index in [1.54, 1.807) is 14.2 Å². The van der Waals surface area contributed by atoms with Gasteiger partial charge in [0.1, 0.15) is 17.5 Å². The molecule has 0 unspecified atom stereocenters. The number of pyridine rings is 1. The van der Waals surface area contributed by atoms with Gasteiger partial charge in [0.2, 0.25) is 0 Å². The number of benzene rings is 2. The van der Waals surface area contributed by atoms with E-state index in [0.29, 0.717) is 22.9 Å². The lowest BCUT2D eigenvalue weighted by molar-refractivity contribution is 0.355. The maximum atomic E-state index is 9.87. The SMILES string of the molecule is COc1cc2c(cc1OC)-c1c(cnc(Nc3ccc(C)cc3)c1C#N)C2. The van der Waals surface area contributed by atoms with E-state index in [-0.39, 0.29) is 0 Å². The van der Waals surface area contributed by atoms with Crippen molar-refractivity contribution in [3.63, 3.8) is 0 Å². The summed E-state index contributed by atoms with van der Waals surface area (Å²) in [4.78, 5) is 4.51. The van der Waals surface area contributed by atoms with E-state index in [9.17, 15) is 5.26 Å². The summed E-state index contributed by atoms with van der Waals surface area (Å²) in [6.07, 6.45) is 2.56. The molecule has 0 saturated heterocycles. The number of methoxy groups -OCH3 is 2. The van der Waals surface area contributed by atoms with Crippen molar-refractivity contribution in [2.24, 2.45) is 0 Å². The monoisotopic (exact) mass is 357 g/mol. The first-order valence-corrected chi connectivity index (χ1v) is 8.65. The van der Waals surface area contributed by atoms with E-state index in [2.05, 4.69) is 16.4 Å². The first-order chi connectivity index (χ1) is 13.1. The molecule has 1 aliphatic rings. The molecule has 1 N–H and O–H groups in total. The van der Waals surface area contributed by atoms with Crippen LogP contribution in [0.4, 0.5) is 11.5 Å². The second-order valence-electron chi connectivity index (χ2n) is 6.53. The van der Waals surface area contributed by atoms with Crippen molar-refractivity contribution < 1.29 is 9.47 Å². The van der Waals surface area contributed by atoms with Crippen LogP contribution in [0.5, 0.6) is 11.5 Å². The Morgan fingerprint density at radius 2 is 1.74 bits per heavy atom. The summed E-state index contributed by atoms with van der Waals surface area (Å²) in [6, 6.07) is 14.3. The van der Waals surface area contributed by atoms with E-state index in [1.807, 2.05) is 49.5 Å². The second-order valence-corrected chi connectivity index (χ2v) is 6.53. The number of anilines is 2. The van der Waals surface area contributed by atoms with Gasteiger partial charge in [-0.2, -0.15) is 5.26 Å². The minimum atomic E-state index is 0.541. The number of hydrogen-bond acceptors (Lipinski definition) is 5. The fourth-order valence-corrected chi connectivity index (χ4v) is 3.47. The van der Waals surface area contributed by atoms with Crippen LogP contribution in [0.15, 0.2) is 42.6 Å². The van der Waals surface area contributed by atoms with Crippen molar-refractivity contribution >= 4 is 11.5 Å². The van der Waals surface area contributed by atoms with Gasteiger partial charge in [0.05, 0.1) is 14.2 Å². The van der Waals surface area contributed by atoms with E-state index < -0.39 is 0 Å². The predicted octanol–water partition coefficient (Wildman–Crippen LogP) is 4.59. The molecular formula is C22H19N3O2. The second kappa shape index (κ2) is 6.65. The Balaban J connectivity index is 1.83. The van der Waals surface area contributed by atoms with Crippen LogP contribution in [-0.2, 0) is 6.42 Å². The molecule has 27 heavy (non-hydrogen) atoms. The molecule has 4 rings (SSSR count). The van der Waals surface area contributed by atoms with Gasteiger partial charge in [-0.25, -0.2) is 4.98 Å². The molecule has 0 aliphatic heterocycles. The Hall–Kier alpha value is -3.52. The maximum absolute atomic E-state index is 9.87. The third-order valence-electron chi connectivity index (χ3n) is 4.84. The molecule has 0 saturated carbocycles. The van der Waals surface area contributed by atoms with Gasteiger partial charge in [0.15, 0.2) is 11.5 Å². The van der Waals surface area contributed by atoms with Gasteiger partial charge in [-0.3, -0.25) is 0 Å². The van der Waals surface area contributed by atoms with Gasteiger partial charge in [0.25, 0.3) is 0 Å². The van der Waals surface area contributed by atoms with Crippen LogP contribution in [0.1, 0.15) is 22.3 Å². The van der Waals surface area contributed by atoms with Gasteiger partial charge < -0.3 is 14.8 Å². The summed E-state index contributed by atoms with van der Waals surface area (Å²) in [5, 5.41) is 13.1. The zero-order valence-corrected chi connectivity index (χ0v) is 15.5. The molecule has 1 aromatic heterocycles. The number of aromatic nitrogens is 1. The Labute approximate surface area is 158 Å². The van der Waals surface area contributed by atoms with Crippen LogP contribution >= 0.6 is 0 Å². The van der Waals surface area contributed by atoms with Gasteiger partial charge in [-0.05, 0) is 47.9 Å². The lowest BCUT2D eigenvalue weighted by atomic mass is 10.0. The molecule has 134 valence electrons. The molecule has 1 heterocycles. The fraction of sp³-hybridized carbons (Fsp3) is 0.182. The number of ether oxygens (including phenoxy) is 2. The van der Waals surface area contributed by atoms with Crippen LogP contribution in [-0.4, -0.2) is 19.2 Å². The number of hydrogen-bond donors (Lipinski definition) is 1. The van der Waals surface area contributed by atoms with Crippen molar-refractivity contribution in [3.8, 4) is 28.7 Å². The maximum Gasteiger partial charge on any atom is 0.161 e. The van der Waals surface area contributed by atoms with E-state index in [4.69, 9.17) is 9.47 Å². The molecule has 0 spiro atoms. The molecule has 2 aromatic carbocycles. The molecule has 0 amide bonds. The van der Waals surface area contributed by atoms with Crippen LogP contribution in [0.3, 0.4) is 0 Å². The normalized spacial score (nSPS) is 11.3. The summed E-state index contributed by atoms with van der Waals surface area (Å²) in [6.45, 7) is 2.04. The Kier molecular flexibility index (Phi) is 4.17. The third kappa shape index (κ3) is 2.85. The van der Waals surface area contributed by atoms with Crippen molar-refractivity contribution in [2.75, 3.05) is 19.5 Å². The number of nitriles is 1. The van der Waals surface area contributed by atoms with Crippen LogP contribution < -0.4 is 14.8 Å². The van der Waals surface area contributed by atoms with Crippen LogP contribution in [0.2, 0.25) is 0 Å². The molecule has 3 aromatic rings. The van der Waals surface area contributed by atoms with E-state index >= 15 is 0 Å². The van der Waals surface area contributed by atoms with Gasteiger partial charge in [0, 0.05) is 23.9 Å². The Morgan fingerprint density at radius 1 is 1.04 bits per heavy atom. The molecule has 5 heteroatoms. The standard InChI is InChI=1S/C22H19N3O2/c1-13-4-6-16(7-5-13)25-22-18(11-23)21-15(12-24-22)8-14-9-19(26-2)20(27-3)10-17(14)21/h4-7,9-10,12H,8H2,1-3H3,(H,24,25). The highest BCUT2D eigenvalue weighted by Gasteiger charge is 2.26. The summed E-state index contributed by atoms with van der Waals surface area (Å²) in [5.41, 5.74) is 6.67. The molecule has 5 nitrogen and oxygen atoms in total. The minimum absolute atomic E-state index is 0.541. The number of nitrogens with one attached hydrogen (secondary N) is 1. The largest absolute Gasteiger partial charge is 0.493 e. The fourth-order valence-electron chi connectivity index (χ4n) is 3.47. The third-order valence-corrected chi connectivity index (χ3v) is 4.84. The zero-order valence-electron chi connectivity index (χ0n) is 15.5. The number of fused-ring (bicyclic) bond motifs is 3. The average molecular weight is 357 g/mol. The summed E-state index contributed by atoms with van der Waals surface area (Å²) >= 11 is 0. The molecular weight excluding hydrogens is 338 g/mol. The van der Waals surface area contributed by atoms with Crippen LogP contribution in [0, 0.1) is 18.3 Å². The lowest BCUT2D eigenvalue weighted by Gasteiger charge is -2.13. The molecule has 1 aliphatic carbocycles. The summed E-state index contributed by atoms with van der Waals surface area (Å²) in [7, 11) is 3.24. The molecule has 0 radical (unpaired) electrons. The highest BCUT2D eigenvalue weighted by molar-refractivity contribution is 5.87. The van der Waals surface area contributed by atoms with E-state index in [0.717, 1.165) is 34.4 Å². The van der Waals surface area contributed by atoms with E-state index in [1.165, 1.54) is 5.56 Å². The summed E-state index contributed by atoms with van der Waals surface area (Å²) < 4.78 is 10.9. The van der Waals surface area contributed by atoms with Crippen molar-refractivity contribution in [2.45, 2.75) is 13.3 Å². The molecule has 0 bridgehead atoms. The van der Waals surface area contributed by atoms with Crippen molar-refractivity contribution in [3.05, 3.63) is 64.8 Å². The summed E-state index contributed by atoms with van der Waals surface area (Å²) in [5.74, 6) is 1.90. The topological polar surface area (TPSA) is 67.2 Å². The highest BCUT2D eigenvalue weighted by atomic mass is 16.5. The number of nitrogens with zero attached hydrogens (tertiary/aromatic N) is 2. The van der Waals surface area contributed by atoms with Crippen molar-refractivity contribution in [1.82, 2.24) is 4.98 Å². The predicted molar refractivity (Wildman–Crippen MR) is 105 cm³/mol. The highest BCUT2D eigenvalue weighted by Crippen LogP contribution is 2.45. The first-order valence-electron chi connectivity index (χ1n) is 8.65. The van der Waals surface area contributed by atoms with Gasteiger partial charge in [-0.15, -0.1) is 0 Å². The van der Waals surface area contributed by atoms with Crippen LogP contribution in [0.25, 0.3) is 11.1 Å². The lowest BCUT2D eigenvalue weighted by Crippen LogP contribution is -2.00. The van der Waals surface area contributed by atoms with Gasteiger partial charge in [-0.1, -0.05) is 17.7 Å². The first kappa shape index (κ1) is 16.9. The van der Waals surface area contributed by atoms with Crippen molar-refractivity contribution in [1.29, 1.82) is 5.26 Å². The van der Waals surface area contributed by atoms with Gasteiger partial charge >= 0.3 is 0 Å². The minimum Gasteiger partial charge on any atom is -0.493 e. The molecule has 0 atom stereocenters. The molecule has 0 fully saturated rings. The number of aryl methyl sites for hydroxylation is 1. The quantitative estimate of drug-likeness (QED) is 0.578. The zero-order chi connectivity index (χ0) is 19.0. The Morgan fingerprint density at radius 3 is 2.41 bits per heavy atom. The smallest absolute Gasteiger partial charge is 0.161 e. The Bertz CT molecular complexity index is 1070.